The smallest absolute Gasteiger partial charge is 0.242 e. The summed E-state index contributed by atoms with van der Waals surface area (Å²) in [7, 11) is 0. The van der Waals surface area contributed by atoms with Crippen LogP contribution in [0.4, 0.5) is 16.0 Å². The van der Waals surface area contributed by atoms with E-state index in [4.69, 9.17) is 10.7 Å². The molecule has 5 aromatic rings. The number of hydrogen-bond acceptors (Lipinski definition) is 7. The predicted octanol–water partition coefficient (Wildman–Crippen LogP) is 2.75. The molecule has 5 heterocycles. The lowest BCUT2D eigenvalue weighted by atomic mass is 9.80. The van der Waals surface area contributed by atoms with E-state index in [1.54, 1.807) is 49.1 Å². The molecule has 4 aromatic heterocycles. The lowest BCUT2D eigenvalue weighted by Crippen LogP contribution is -2.35. The van der Waals surface area contributed by atoms with Gasteiger partial charge in [-0.25, -0.2) is 24.3 Å². The van der Waals surface area contributed by atoms with Gasteiger partial charge in [-0.05, 0) is 31.5 Å². The Kier molecular flexibility index (Phi) is 4.90. The van der Waals surface area contributed by atoms with Crippen molar-refractivity contribution in [3.8, 4) is 11.5 Å². The maximum absolute atomic E-state index is 13.8. The van der Waals surface area contributed by atoms with Crippen LogP contribution < -0.4 is 16.5 Å². The number of aromatic amines is 1. The minimum absolute atomic E-state index is 0.0847. The molecule has 0 aliphatic carbocycles. The monoisotopic (exact) mass is 496 g/mol. The van der Waals surface area contributed by atoms with Crippen LogP contribution in [0.1, 0.15) is 35.0 Å². The van der Waals surface area contributed by atoms with Gasteiger partial charge in [0.1, 0.15) is 28.6 Å². The van der Waals surface area contributed by atoms with Gasteiger partial charge < -0.3 is 20.4 Å². The molecular formula is C26H21FN8O2. The highest BCUT2D eigenvalue weighted by Crippen LogP contribution is 2.44. The number of nitrogens with zero attached hydrogens (tertiary/aromatic N) is 5. The normalized spacial score (nSPS) is 16.7. The second-order valence-electron chi connectivity index (χ2n) is 9.17. The molecule has 1 aromatic carbocycles. The Balaban J connectivity index is 1.47. The van der Waals surface area contributed by atoms with Gasteiger partial charge in [0.2, 0.25) is 5.91 Å². The first-order chi connectivity index (χ1) is 17.7. The summed E-state index contributed by atoms with van der Waals surface area (Å²) < 4.78 is 15.6. The quantitative estimate of drug-likeness (QED) is 0.347. The van der Waals surface area contributed by atoms with Crippen LogP contribution in [0.3, 0.4) is 0 Å². The topological polar surface area (TPSA) is 144 Å². The van der Waals surface area contributed by atoms with Crippen molar-refractivity contribution in [1.82, 2.24) is 29.3 Å². The molecule has 1 amide bonds. The number of amides is 1. The number of nitrogen functional groups attached to an aromatic ring is 1. The van der Waals surface area contributed by atoms with Gasteiger partial charge in [-0.2, -0.15) is 0 Å². The number of nitrogens with two attached hydrogens (primary N) is 1. The Morgan fingerprint density at radius 3 is 2.78 bits per heavy atom. The summed E-state index contributed by atoms with van der Waals surface area (Å²) in [6.45, 7) is 3.35. The largest absolute Gasteiger partial charge is 0.383 e. The SMILES string of the molecule is Cc1c[nH]c([C@@]2(C)C(=O)Nc3nc(-c4cn5ccnc5c(Cc5cccc(F)c5)n4)nc(N)c32)cc1=O. The Bertz CT molecular complexity index is 1790. The number of fused-ring (bicyclic) bond motifs is 2. The molecule has 0 radical (unpaired) electrons. The lowest BCUT2D eigenvalue weighted by Gasteiger charge is -2.23. The van der Waals surface area contributed by atoms with Crippen molar-refractivity contribution < 1.29 is 9.18 Å². The molecule has 0 saturated heterocycles. The second-order valence-corrected chi connectivity index (χ2v) is 9.17. The number of halogens is 1. The van der Waals surface area contributed by atoms with E-state index in [1.165, 1.54) is 18.2 Å². The van der Waals surface area contributed by atoms with Crippen LogP contribution in [0.15, 0.2) is 59.9 Å². The summed E-state index contributed by atoms with van der Waals surface area (Å²) in [6.07, 6.45) is 7.01. The summed E-state index contributed by atoms with van der Waals surface area (Å²) in [5.41, 5.74) is 8.57. The molecule has 0 spiro atoms. The van der Waals surface area contributed by atoms with Gasteiger partial charge in [0.05, 0.1) is 11.3 Å². The molecule has 184 valence electrons. The van der Waals surface area contributed by atoms with Gasteiger partial charge in [0.15, 0.2) is 16.9 Å². The molecule has 0 fully saturated rings. The van der Waals surface area contributed by atoms with Crippen LogP contribution in [0, 0.1) is 12.7 Å². The first kappa shape index (κ1) is 22.5. The number of carbonyl (C=O) groups excluding carboxylic acids is 1. The van der Waals surface area contributed by atoms with Crippen LogP contribution in [0.2, 0.25) is 0 Å². The maximum atomic E-state index is 13.8. The van der Waals surface area contributed by atoms with E-state index >= 15 is 0 Å². The van der Waals surface area contributed by atoms with E-state index in [-0.39, 0.29) is 34.6 Å². The number of carbonyl (C=O) groups is 1. The van der Waals surface area contributed by atoms with Crippen molar-refractivity contribution in [3.05, 3.63) is 99.2 Å². The number of benzene rings is 1. The summed E-state index contributed by atoms with van der Waals surface area (Å²) >= 11 is 0. The van der Waals surface area contributed by atoms with Gasteiger partial charge in [-0.15, -0.1) is 0 Å². The van der Waals surface area contributed by atoms with E-state index in [0.717, 1.165) is 5.56 Å². The third-order valence-electron chi connectivity index (χ3n) is 6.70. The molecule has 4 N–H and O–H groups in total. The van der Waals surface area contributed by atoms with E-state index in [1.807, 2.05) is 6.07 Å². The molecule has 10 nitrogen and oxygen atoms in total. The highest BCUT2D eigenvalue weighted by atomic mass is 19.1. The number of pyridine rings is 1. The molecule has 6 rings (SSSR count). The Morgan fingerprint density at radius 2 is 2.00 bits per heavy atom. The van der Waals surface area contributed by atoms with Crippen molar-refractivity contribution >= 4 is 23.2 Å². The zero-order chi connectivity index (χ0) is 25.9. The van der Waals surface area contributed by atoms with Gasteiger partial charge in [-0.1, -0.05) is 12.1 Å². The van der Waals surface area contributed by atoms with E-state index in [2.05, 4.69) is 25.3 Å². The molecule has 0 bridgehead atoms. The van der Waals surface area contributed by atoms with Crippen molar-refractivity contribution in [2.75, 3.05) is 11.1 Å². The van der Waals surface area contributed by atoms with Crippen LogP contribution in [0.25, 0.3) is 17.2 Å². The van der Waals surface area contributed by atoms with Crippen molar-refractivity contribution in [3.63, 3.8) is 0 Å². The molecule has 11 heteroatoms. The number of aryl methyl sites for hydroxylation is 1. The number of aromatic nitrogens is 6. The molecule has 0 saturated carbocycles. The number of imidazole rings is 1. The van der Waals surface area contributed by atoms with Crippen molar-refractivity contribution in [2.24, 2.45) is 0 Å². The summed E-state index contributed by atoms with van der Waals surface area (Å²) in [4.78, 5) is 46.7. The Morgan fingerprint density at radius 1 is 1.16 bits per heavy atom. The molecule has 1 aliphatic rings. The van der Waals surface area contributed by atoms with E-state index in [0.29, 0.717) is 40.3 Å². The molecule has 37 heavy (non-hydrogen) atoms. The minimum Gasteiger partial charge on any atom is -0.383 e. The number of H-pyrrole nitrogens is 1. The van der Waals surface area contributed by atoms with Crippen molar-refractivity contribution in [2.45, 2.75) is 25.7 Å². The average molecular weight is 497 g/mol. The highest BCUT2D eigenvalue weighted by Gasteiger charge is 2.48. The molecule has 1 atom stereocenters. The van der Waals surface area contributed by atoms with Gasteiger partial charge in [0, 0.05) is 48.5 Å². The number of anilines is 2. The first-order valence-electron chi connectivity index (χ1n) is 11.5. The van der Waals surface area contributed by atoms with Crippen LogP contribution >= 0.6 is 0 Å². The molecule has 1 aliphatic heterocycles. The van der Waals surface area contributed by atoms with Gasteiger partial charge in [0.25, 0.3) is 0 Å². The fraction of sp³-hybridized carbons (Fsp3) is 0.154. The average Bonchev–Trinajstić information content (AvgIpc) is 3.44. The summed E-state index contributed by atoms with van der Waals surface area (Å²) in [6, 6.07) is 7.68. The molecular weight excluding hydrogens is 475 g/mol. The van der Waals surface area contributed by atoms with Crippen LogP contribution in [-0.4, -0.2) is 35.2 Å². The number of rotatable bonds is 4. The number of hydrogen-bond donors (Lipinski definition) is 3. The second kappa shape index (κ2) is 8.05. The standard InChI is InChI=1S/C26H21FN8O2/c1-13-11-30-19(10-18(13)36)26(2)20-21(28)32-22(33-23(20)34-25(26)37)17-12-35-7-6-29-24(35)16(31-17)9-14-4-3-5-15(27)8-14/h3-8,10-12H,9H2,1-2H3,(H,30,36)(H3,28,32,33,34,37)/t26-/m1/s1. The van der Waals surface area contributed by atoms with E-state index < -0.39 is 5.41 Å². The fourth-order valence-electron chi connectivity index (χ4n) is 4.67. The minimum atomic E-state index is -1.28. The van der Waals surface area contributed by atoms with Crippen LogP contribution in [0.5, 0.6) is 0 Å². The highest BCUT2D eigenvalue weighted by molar-refractivity contribution is 6.08. The summed E-state index contributed by atoms with van der Waals surface area (Å²) in [5.74, 6) is -0.187. The van der Waals surface area contributed by atoms with E-state index in [9.17, 15) is 14.0 Å². The van der Waals surface area contributed by atoms with Crippen molar-refractivity contribution in [1.29, 1.82) is 0 Å². The van der Waals surface area contributed by atoms with Gasteiger partial charge in [-0.3, -0.25) is 9.59 Å². The molecule has 0 unspecified atom stereocenters. The number of nitrogens with one attached hydrogen (secondary N) is 2. The predicted molar refractivity (Wildman–Crippen MR) is 135 cm³/mol. The third kappa shape index (κ3) is 3.54. The van der Waals surface area contributed by atoms with Gasteiger partial charge >= 0.3 is 0 Å². The Hall–Kier alpha value is -4.93. The third-order valence-corrected chi connectivity index (χ3v) is 6.70. The Labute approximate surface area is 209 Å². The zero-order valence-electron chi connectivity index (χ0n) is 19.9. The fourth-order valence-corrected chi connectivity index (χ4v) is 4.67. The first-order valence-corrected chi connectivity index (χ1v) is 11.5. The maximum Gasteiger partial charge on any atom is 0.242 e. The summed E-state index contributed by atoms with van der Waals surface area (Å²) in [5, 5.41) is 2.78. The van der Waals surface area contributed by atoms with Crippen LogP contribution in [-0.2, 0) is 16.6 Å². The lowest BCUT2D eigenvalue weighted by molar-refractivity contribution is -0.119. The zero-order valence-corrected chi connectivity index (χ0v) is 19.9.